The maximum Gasteiger partial charge on any atom is 0.277 e. The van der Waals surface area contributed by atoms with Crippen LogP contribution in [0.15, 0.2) is 52.2 Å². The fourth-order valence-electron chi connectivity index (χ4n) is 2.08. The minimum Gasteiger partial charge on any atom is -0.481 e. The lowest BCUT2D eigenvalue weighted by Gasteiger charge is -2.11. The van der Waals surface area contributed by atoms with Gasteiger partial charge in [0.05, 0.1) is 10.3 Å². The van der Waals surface area contributed by atoms with Gasteiger partial charge < -0.3 is 14.5 Å². The lowest BCUT2D eigenvalue weighted by Crippen LogP contribution is -2.22. The normalized spacial score (nSPS) is 13.0. The predicted molar refractivity (Wildman–Crippen MR) is 103 cm³/mol. The van der Waals surface area contributed by atoms with Crippen LogP contribution in [0.25, 0.3) is 0 Å². The molecule has 0 fully saturated rings. The number of ether oxygens (including phenoxy) is 1. The maximum absolute atomic E-state index is 13.0. The molecule has 0 unspecified atom stereocenters. The zero-order valence-corrected chi connectivity index (χ0v) is 16.5. The van der Waals surface area contributed by atoms with Gasteiger partial charge in [-0.1, -0.05) is 23.4 Å². The molecular formula is C18H16ClFN4O3S. The van der Waals surface area contributed by atoms with Crippen LogP contribution >= 0.6 is 23.4 Å². The predicted octanol–water partition coefficient (Wildman–Crippen LogP) is 4.52. The molecule has 3 rings (SSSR count). The summed E-state index contributed by atoms with van der Waals surface area (Å²) in [5.74, 6) is 0.505. The molecular weight excluding hydrogens is 407 g/mol. The summed E-state index contributed by atoms with van der Waals surface area (Å²) >= 11 is 6.88. The monoisotopic (exact) mass is 422 g/mol. The first-order valence-corrected chi connectivity index (χ1v) is 9.51. The van der Waals surface area contributed by atoms with Crippen LogP contribution in [0.4, 0.5) is 10.2 Å². The van der Waals surface area contributed by atoms with Crippen molar-refractivity contribution in [3.8, 4) is 5.75 Å². The highest BCUT2D eigenvalue weighted by Crippen LogP contribution is 2.27. The molecule has 1 amide bonds. The van der Waals surface area contributed by atoms with Gasteiger partial charge in [-0.25, -0.2) is 9.37 Å². The van der Waals surface area contributed by atoms with Gasteiger partial charge in [0.15, 0.2) is 6.10 Å². The number of pyridine rings is 1. The van der Waals surface area contributed by atoms with Crippen LogP contribution in [-0.2, 0) is 4.79 Å². The van der Waals surface area contributed by atoms with Crippen molar-refractivity contribution in [3.63, 3.8) is 0 Å². The summed E-state index contributed by atoms with van der Waals surface area (Å²) in [5, 5.41) is 10.8. The van der Waals surface area contributed by atoms with E-state index in [9.17, 15) is 9.18 Å². The van der Waals surface area contributed by atoms with E-state index in [1.807, 2.05) is 0 Å². The second-order valence-electron chi connectivity index (χ2n) is 5.73. The number of benzene rings is 1. The number of thioether (sulfide) groups is 1. The molecule has 3 aromatic rings. The number of carbonyl (C=O) groups excluding carboxylic acids is 1. The molecule has 1 N–H and O–H groups in total. The number of carbonyl (C=O) groups is 1. The van der Waals surface area contributed by atoms with E-state index < -0.39 is 11.4 Å². The molecule has 0 saturated heterocycles. The number of hydrogen-bond donors (Lipinski definition) is 1. The van der Waals surface area contributed by atoms with Gasteiger partial charge in [0.2, 0.25) is 5.91 Å². The Morgan fingerprint density at radius 2 is 1.96 bits per heavy atom. The van der Waals surface area contributed by atoms with Gasteiger partial charge in [-0.05, 0) is 50.2 Å². The molecule has 146 valence electrons. The Kier molecular flexibility index (Phi) is 6.48. The topological polar surface area (TPSA) is 90.1 Å². The molecule has 7 nitrogen and oxygen atoms in total. The molecule has 2 atom stereocenters. The second-order valence-corrected chi connectivity index (χ2v) is 7.46. The smallest absolute Gasteiger partial charge is 0.277 e. The SMILES string of the molecule is C[C@H](Sc1nnc([C@@H](C)Oc2ccc(F)cc2)o1)C(=O)Nc1ccc(Cl)cn1. The van der Waals surface area contributed by atoms with Crippen molar-refractivity contribution in [2.24, 2.45) is 0 Å². The van der Waals surface area contributed by atoms with E-state index in [-0.39, 0.29) is 22.8 Å². The van der Waals surface area contributed by atoms with Crippen molar-refractivity contribution >= 4 is 35.1 Å². The molecule has 28 heavy (non-hydrogen) atoms. The van der Waals surface area contributed by atoms with Crippen molar-refractivity contribution in [3.05, 3.63) is 59.3 Å². The van der Waals surface area contributed by atoms with Crippen molar-refractivity contribution in [2.45, 2.75) is 30.4 Å². The molecule has 0 aliphatic carbocycles. The van der Waals surface area contributed by atoms with E-state index in [4.69, 9.17) is 20.8 Å². The Morgan fingerprint density at radius 3 is 2.64 bits per heavy atom. The average Bonchev–Trinajstić information content (AvgIpc) is 3.14. The summed E-state index contributed by atoms with van der Waals surface area (Å²) < 4.78 is 24.1. The Labute approximate surface area is 169 Å². The van der Waals surface area contributed by atoms with Gasteiger partial charge in [0, 0.05) is 6.20 Å². The first-order chi connectivity index (χ1) is 13.4. The first-order valence-electron chi connectivity index (χ1n) is 8.25. The van der Waals surface area contributed by atoms with E-state index >= 15 is 0 Å². The zero-order valence-electron chi connectivity index (χ0n) is 14.9. The molecule has 0 bridgehead atoms. The van der Waals surface area contributed by atoms with E-state index in [0.29, 0.717) is 16.6 Å². The summed E-state index contributed by atoms with van der Waals surface area (Å²) in [6, 6.07) is 8.86. The molecule has 0 aliphatic rings. The number of halogens is 2. The third-order valence-corrected chi connectivity index (χ3v) is 4.68. The third kappa shape index (κ3) is 5.43. The molecule has 0 spiro atoms. The third-order valence-electron chi connectivity index (χ3n) is 3.52. The number of nitrogens with one attached hydrogen (secondary N) is 1. The zero-order chi connectivity index (χ0) is 20.1. The molecule has 0 saturated carbocycles. The highest BCUT2D eigenvalue weighted by molar-refractivity contribution is 8.00. The molecule has 1 aromatic carbocycles. The van der Waals surface area contributed by atoms with Crippen molar-refractivity contribution in [1.82, 2.24) is 15.2 Å². The van der Waals surface area contributed by atoms with Crippen LogP contribution in [0.2, 0.25) is 5.02 Å². The van der Waals surface area contributed by atoms with E-state index in [1.165, 1.54) is 30.5 Å². The Morgan fingerprint density at radius 1 is 1.21 bits per heavy atom. The van der Waals surface area contributed by atoms with Gasteiger partial charge >= 0.3 is 0 Å². The summed E-state index contributed by atoms with van der Waals surface area (Å²) in [6.45, 7) is 3.44. The van der Waals surface area contributed by atoms with Crippen LogP contribution in [0.5, 0.6) is 5.75 Å². The number of anilines is 1. The van der Waals surface area contributed by atoms with Crippen LogP contribution in [0, 0.1) is 5.82 Å². The van der Waals surface area contributed by atoms with Gasteiger partial charge in [-0.15, -0.1) is 10.2 Å². The fraction of sp³-hybridized carbons (Fsp3) is 0.222. The molecule has 0 radical (unpaired) electrons. The highest BCUT2D eigenvalue weighted by Gasteiger charge is 2.21. The fourth-order valence-corrected chi connectivity index (χ4v) is 2.88. The Bertz CT molecular complexity index is 937. The number of hydrogen-bond acceptors (Lipinski definition) is 7. The number of rotatable bonds is 7. The Hall–Kier alpha value is -2.65. The lowest BCUT2D eigenvalue weighted by atomic mass is 10.3. The van der Waals surface area contributed by atoms with Gasteiger partial charge in [-0.3, -0.25) is 4.79 Å². The van der Waals surface area contributed by atoms with Crippen molar-refractivity contribution in [2.75, 3.05) is 5.32 Å². The van der Waals surface area contributed by atoms with Gasteiger partial charge in [-0.2, -0.15) is 0 Å². The minimum absolute atomic E-state index is 0.233. The van der Waals surface area contributed by atoms with Crippen molar-refractivity contribution in [1.29, 1.82) is 0 Å². The summed E-state index contributed by atoms with van der Waals surface area (Å²) in [6.07, 6.45) is 0.914. The van der Waals surface area contributed by atoms with E-state index in [2.05, 4.69) is 20.5 Å². The average molecular weight is 423 g/mol. The summed E-state index contributed by atoms with van der Waals surface area (Å²) in [7, 11) is 0. The van der Waals surface area contributed by atoms with Crippen molar-refractivity contribution < 1.29 is 18.3 Å². The highest BCUT2D eigenvalue weighted by atomic mass is 35.5. The quantitative estimate of drug-likeness (QED) is 0.560. The van der Waals surface area contributed by atoms with Crippen LogP contribution in [0.1, 0.15) is 25.8 Å². The van der Waals surface area contributed by atoms with E-state index in [0.717, 1.165) is 11.8 Å². The van der Waals surface area contributed by atoms with Crippen LogP contribution in [0.3, 0.4) is 0 Å². The largest absolute Gasteiger partial charge is 0.481 e. The van der Waals surface area contributed by atoms with Crippen LogP contribution < -0.4 is 10.1 Å². The molecule has 2 heterocycles. The summed E-state index contributed by atoms with van der Waals surface area (Å²) in [4.78, 5) is 16.3. The number of aromatic nitrogens is 3. The number of nitrogens with zero attached hydrogens (tertiary/aromatic N) is 3. The van der Waals surface area contributed by atoms with Crippen LogP contribution in [-0.4, -0.2) is 26.3 Å². The van der Waals surface area contributed by atoms with Gasteiger partial charge in [0.1, 0.15) is 17.4 Å². The molecule has 0 aliphatic heterocycles. The molecule has 2 aromatic heterocycles. The maximum atomic E-state index is 13.0. The molecule has 10 heteroatoms. The Balaban J connectivity index is 1.56. The lowest BCUT2D eigenvalue weighted by molar-refractivity contribution is -0.115. The van der Waals surface area contributed by atoms with E-state index in [1.54, 1.807) is 26.0 Å². The first kappa shape index (κ1) is 20.1. The minimum atomic E-state index is -0.533. The standard InChI is InChI=1S/C18H16ClFN4O3S/c1-10(26-14-6-4-13(20)5-7-14)17-23-24-18(27-17)28-11(2)16(25)22-15-8-3-12(19)9-21-15/h3-11H,1-2H3,(H,21,22,25)/t10-,11+/m1/s1. The number of amides is 1. The van der Waals surface area contributed by atoms with Gasteiger partial charge in [0.25, 0.3) is 11.1 Å². The summed E-state index contributed by atoms with van der Waals surface area (Å²) in [5.41, 5.74) is 0. The second kappa shape index (κ2) is 9.03.